The summed E-state index contributed by atoms with van der Waals surface area (Å²) in [6.45, 7) is 4.59. The first-order valence-corrected chi connectivity index (χ1v) is 12.5. The Balaban J connectivity index is 1.29. The number of hydrogen-bond donors (Lipinski definition) is 3. The summed E-state index contributed by atoms with van der Waals surface area (Å²) >= 11 is 0. The molecule has 2 aromatic rings. The van der Waals surface area contributed by atoms with Crippen LogP contribution in [0.4, 0.5) is 4.79 Å². The van der Waals surface area contributed by atoms with Crippen molar-refractivity contribution in [1.29, 1.82) is 0 Å². The van der Waals surface area contributed by atoms with Crippen LogP contribution in [0.25, 0.3) is 11.1 Å². The highest BCUT2D eigenvalue weighted by atomic mass is 16.5. The van der Waals surface area contributed by atoms with E-state index in [0.717, 1.165) is 24.0 Å². The fraction of sp³-hybridized carbons (Fsp3) is 0.464. The molecular formula is C28H34N2O5. The molecule has 3 unspecified atom stereocenters. The smallest absolute Gasteiger partial charge is 0.407 e. The Labute approximate surface area is 206 Å². The summed E-state index contributed by atoms with van der Waals surface area (Å²) in [6, 6.07) is 16.3. The van der Waals surface area contributed by atoms with Crippen LogP contribution in [0.5, 0.6) is 0 Å². The van der Waals surface area contributed by atoms with Crippen LogP contribution in [0, 0.1) is 23.7 Å². The van der Waals surface area contributed by atoms with E-state index >= 15 is 0 Å². The van der Waals surface area contributed by atoms with E-state index in [4.69, 9.17) is 4.74 Å². The molecule has 35 heavy (non-hydrogen) atoms. The van der Waals surface area contributed by atoms with Crippen LogP contribution >= 0.6 is 0 Å². The second-order valence-electron chi connectivity index (χ2n) is 9.94. The van der Waals surface area contributed by atoms with Crippen molar-refractivity contribution in [3.05, 3.63) is 59.7 Å². The molecule has 1 saturated carbocycles. The van der Waals surface area contributed by atoms with Gasteiger partial charge in [-0.3, -0.25) is 9.59 Å². The largest absolute Gasteiger partial charge is 0.481 e. The normalized spacial score (nSPS) is 19.6. The number of amides is 2. The average Bonchev–Trinajstić information content (AvgIpc) is 3.44. The number of rotatable bonds is 9. The number of nitrogens with one attached hydrogen (secondary N) is 2. The van der Waals surface area contributed by atoms with Gasteiger partial charge in [0.05, 0.1) is 11.8 Å². The zero-order chi connectivity index (χ0) is 24.9. The van der Waals surface area contributed by atoms with Gasteiger partial charge in [-0.1, -0.05) is 68.8 Å². The predicted octanol–water partition coefficient (Wildman–Crippen LogP) is 4.41. The minimum absolute atomic E-state index is 0.00253. The molecular weight excluding hydrogens is 444 g/mol. The van der Waals surface area contributed by atoms with Crippen molar-refractivity contribution in [3.63, 3.8) is 0 Å². The van der Waals surface area contributed by atoms with Crippen molar-refractivity contribution in [2.45, 2.75) is 39.0 Å². The third-order valence-corrected chi connectivity index (χ3v) is 7.47. The van der Waals surface area contributed by atoms with Gasteiger partial charge in [0.2, 0.25) is 5.91 Å². The molecule has 0 bridgehead atoms. The average molecular weight is 479 g/mol. The zero-order valence-corrected chi connectivity index (χ0v) is 20.3. The molecule has 0 heterocycles. The lowest BCUT2D eigenvalue weighted by molar-refractivity contribution is -0.143. The molecule has 7 nitrogen and oxygen atoms in total. The molecule has 0 spiro atoms. The quantitative estimate of drug-likeness (QED) is 0.495. The summed E-state index contributed by atoms with van der Waals surface area (Å²) in [5.74, 6) is -1.85. The van der Waals surface area contributed by atoms with Gasteiger partial charge in [-0.25, -0.2) is 4.79 Å². The molecule has 2 aliphatic rings. The lowest BCUT2D eigenvalue weighted by Gasteiger charge is -2.23. The molecule has 0 radical (unpaired) electrons. The summed E-state index contributed by atoms with van der Waals surface area (Å²) in [5.41, 5.74) is 4.63. The SMILES string of the molecule is CC(C)C(CNC(=O)OCC1c2ccccc2-c2ccccc21)C(=O)NCC1CCCC1C(=O)O. The van der Waals surface area contributed by atoms with Crippen molar-refractivity contribution in [2.75, 3.05) is 19.7 Å². The van der Waals surface area contributed by atoms with E-state index in [1.165, 1.54) is 11.1 Å². The third-order valence-electron chi connectivity index (χ3n) is 7.47. The number of carboxylic acids is 1. The molecule has 2 amide bonds. The number of carbonyl (C=O) groups is 3. The number of benzene rings is 2. The number of alkyl carbamates (subject to hydrolysis) is 1. The van der Waals surface area contributed by atoms with Crippen molar-refractivity contribution in [3.8, 4) is 11.1 Å². The Hall–Kier alpha value is -3.35. The highest BCUT2D eigenvalue weighted by molar-refractivity contribution is 5.81. The molecule has 3 atom stereocenters. The molecule has 186 valence electrons. The van der Waals surface area contributed by atoms with Crippen molar-refractivity contribution in [2.24, 2.45) is 23.7 Å². The second kappa shape index (κ2) is 10.9. The first-order chi connectivity index (χ1) is 16.9. The molecule has 0 aliphatic heterocycles. The fourth-order valence-corrected chi connectivity index (χ4v) is 5.44. The number of ether oxygens (including phenoxy) is 1. The van der Waals surface area contributed by atoms with Crippen LogP contribution in [-0.4, -0.2) is 42.8 Å². The maximum Gasteiger partial charge on any atom is 0.407 e. The van der Waals surface area contributed by atoms with Gasteiger partial charge in [0, 0.05) is 19.0 Å². The molecule has 1 fully saturated rings. The van der Waals surface area contributed by atoms with E-state index < -0.39 is 23.9 Å². The monoisotopic (exact) mass is 478 g/mol. The zero-order valence-electron chi connectivity index (χ0n) is 20.3. The van der Waals surface area contributed by atoms with E-state index in [1.807, 2.05) is 38.1 Å². The molecule has 0 saturated heterocycles. The Morgan fingerprint density at radius 3 is 2.20 bits per heavy atom. The Morgan fingerprint density at radius 2 is 1.60 bits per heavy atom. The summed E-state index contributed by atoms with van der Waals surface area (Å²) in [6.07, 6.45) is 1.79. The maximum atomic E-state index is 12.8. The van der Waals surface area contributed by atoms with Crippen LogP contribution in [0.2, 0.25) is 0 Å². The third kappa shape index (κ3) is 5.50. The summed E-state index contributed by atoms with van der Waals surface area (Å²) in [7, 11) is 0. The summed E-state index contributed by atoms with van der Waals surface area (Å²) in [4.78, 5) is 36.7. The Morgan fingerprint density at radius 1 is 0.971 bits per heavy atom. The van der Waals surface area contributed by atoms with Gasteiger partial charge in [0.25, 0.3) is 0 Å². The number of fused-ring (bicyclic) bond motifs is 3. The van der Waals surface area contributed by atoms with E-state index in [-0.39, 0.29) is 36.8 Å². The first-order valence-electron chi connectivity index (χ1n) is 12.5. The standard InChI is InChI=1S/C28H34N2O5/c1-17(2)24(26(31)29-14-18-8-7-13-19(18)27(32)33)15-30-28(34)35-16-25-22-11-5-3-9-20(22)21-10-4-6-12-23(21)25/h3-6,9-12,17-19,24-25H,7-8,13-16H2,1-2H3,(H,29,31)(H,30,34)(H,32,33). The topological polar surface area (TPSA) is 105 Å². The number of carboxylic acid groups (broad SMARTS) is 1. The van der Waals surface area contributed by atoms with Crippen LogP contribution < -0.4 is 10.6 Å². The van der Waals surface area contributed by atoms with E-state index in [1.54, 1.807) is 0 Å². The Kier molecular flexibility index (Phi) is 7.73. The molecule has 4 rings (SSSR count). The molecule has 3 N–H and O–H groups in total. The van der Waals surface area contributed by atoms with Crippen molar-refractivity contribution >= 4 is 18.0 Å². The minimum atomic E-state index is -0.793. The van der Waals surface area contributed by atoms with Gasteiger partial charge in [0.15, 0.2) is 0 Å². The minimum Gasteiger partial charge on any atom is -0.481 e. The van der Waals surface area contributed by atoms with Gasteiger partial charge in [-0.05, 0) is 46.9 Å². The molecule has 0 aromatic heterocycles. The number of aliphatic carboxylic acids is 1. The molecule has 7 heteroatoms. The predicted molar refractivity (Wildman–Crippen MR) is 133 cm³/mol. The fourth-order valence-electron chi connectivity index (χ4n) is 5.44. The van der Waals surface area contributed by atoms with Crippen LogP contribution in [0.1, 0.15) is 50.2 Å². The van der Waals surface area contributed by atoms with Crippen molar-refractivity contribution < 1.29 is 24.2 Å². The second-order valence-corrected chi connectivity index (χ2v) is 9.94. The molecule has 2 aromatic carbocycles. The van der Waals surface area contributed by atoms with Gasteiger partial charge >= 0.3 is 12.1 Å². The highest BCUT2D eigenvalue weighted by Gasteiger charge is 2.34. The van der Waals surface area contributed by atoms with Crippen molar-refractivity contribution in [1.82, 2.24) is 10.6 Å². The number of carbonyl (C=O) groups excluding carboxylic acids is 2. The van der Waals surface area contributed by atoms with Gasteiger partial charge in [-0.15, -0.1) is 0 Å². The van der Waals surface area contributed by atoms with Crippen LogP contribution in [0.3, 0.4) is 0 Å². The van der Waals surface area contributed by atoms with Gasteiger partial charge in [-0.2, -0.15) is 0 Å². The highest BCUT2D eigenvalue weighted by Crippen LogP contribution is 2.44. The Bertz CT molecular complexity index is 1040. The van der Waals surface area contributed by atoms with E-state index in [0.29, 0.717) is 13.0 Å². The number of hydrogen-bond acceptors (Lipinski definition) is 4. The summed E-state index contributed by atoms with van der Waals surface area (Å²) in [5, 5.41) is 15.0. The summed E-state index contributed by atoms with van der Waals surface area (Å²) < 4.78 is 5.58. The van der Waals surface area contributed by atoms with Crippen LogP contribution in [-0.2, 0) is 14.3 Å². The first kappa shape index (κ1) is 24.8. The van der Waals surface area contributed by atoms with Gasteiger partial charge in [0.1, 0.15) is 6.61 Å². The van der Waals surface area contributed by atoms with E-state index in [9.17, 15) is 19.5 Å². The van der Waals surface area contributed by atoms with Crippen LogP contribution in [0.15, 0.2) is 48.5 Å². The molecule has 2 aliphatic carbocycles. The lowest BCUT2D eigenvalue weighted by atomic mass is 9.93. The lowest BCUT2D eigenvalue weighted by Crippen LogP contribution is -2.43. The maximum absolute atomic E-state index is 12.8. The van der Waals surface area contributed by atoms with E-state index in [2.05, 4.69) is 34.9 Å². The van der Waals surface area contributed by atoms with Gasteiger partial charge < -0.3 is 20.5 Å².